The summed E-state index contributed by atoms with van der Waals surface area (Å²) in [4.78, 5) is 28.8. The van der Waals surface area contributed by atoms with Crippen molar-refractivity contribution in [1.29, 1.82) is 0 Å². The third-order valence-corrected chi connectivity index (χ3v) is 11.1. The van der Waals surface area contributed by atoms with E-state index >= 15 is 0 Å². The molecule has 2 saturated carbocycles. The molecule has 6 rings (SSSR count). The number of Topliss-reactive ketones (excluding diaryl/α,β-unsaturated/α-hetero) is 1. The Morgan fingerprint density at radius 3 is 2.59 bits per heavy atom. The summed E-state index contributed by atoms with van der Waals surface area (Å²) >= 11 is 0. The Hall–Kier alpha value is -2.64. The lowest BCUT2D eigenvalue weighted by Gasteiger charge is -2.55. The number of ketones is 2. The summed E-state index contributed by atoms with van der Waals surface area (Å²) in [5, 5.41) is 0. The molecule has 0 spiro atoms. The standard InChI is InChI=1S/C35H43NO3/c1-5-15-35(32(38)22-39-4)16-14-31-29-19-23(2)28-20-26(37)12-13-27(28)33(29)30(21-34(31,35)3)24-8-10-25(11-9-24)36-17-6-7-18-36/h8-11,20,23,29-31H,6-7,12-14,16-19,21-22H2,1-4H3/t23?,29-,30+,31-,34-,35+/m0/s1. The van der Waals surface area contributed by atoms with E-state index < -0.39 is 5.41 Å². The fraction of sp³-hybridized carbons (Fsp3) is 0.600. The first-order valence-corrected chi connectivity index (χ1v) is 15.1. The number of carbonyl (C=O) groups excluding carboxylic acids is 2. The molecule has 6 atom stereocenters. The van der Waals surface area contributed by atoms with Gasteiger partial charge in [-0.15, -0.1) is 5.92 Å². The van der Waals surface area contributed by atoms with Crippen LogP contribution in [0.25, 0.3) is 0 Å². The minimum atomic E-state index is -0.672. The first-order valence-electron chi connectivity index (χ1n) is 15.1. The van der Waals surface area contributed by atoms with Gasteiger partial charge in [0.05, 0.1) is 5.41 Å². The predicted octanol–water partition coefficient (Wildman–Crippen LogP) is 6.66. The van der Waals surface area contributed by atoms with E-state index in [1.807, 2.05) is 13.0 Å². The van der Waals surface area contributed by atoms with Gasteiger partial charge in [0.25, 0.3) is 0 Å². The van der Waals surface area contributed by atoms with Gasteiger partial charge in [-0.3, -0.25) is 9.59 Å². The van der Waals surface area contributed by atoms with Gasteiger partial charge in [-0.25, -0.2) is 0 Å². The first kappa shape index (κ1) is 26.6. The number of fused-ring (bicyclic) bond motifs is 4. The molecule has 39 heavy (non-hydrogen) atoms. The predicted molar refractivity (Wildman–Crippen MR) is 155 cm³/mol. The van der Waals surface area contributed by atoms with Gasteiger partial charge in [-0.2, -0.15) is 0 Å². The molecule has 4 nitrogen and oxygen atoms in total. The molecule has 1 heterocycles. The SMILES string of the molecule is CC#C[C@]1(C(=O)COC)CC[C@H]2[C@@H]3CC(C)C4=CC(=O)CCC4=C3[C@@H](c3ccc(N4CCCC4)cc3)C[C@@]21C. The van der Waals surface area contributed by atoms with E-state index in [2.05, 4.69) is 54.9 Å². The van der Waals surface area contributed by atoms with E-state index in [0.29, 0.717) is 24.2 Å². The lowest BCUT2D eigenvalue weighted by atomic mass is 9.47. The molecule has 5 aliphatic rings. The van der Waals surface area contributed by atoms with E-state index in [-0.39, 0.29) is 29.5 Å². The van der Waals surface area contributed by atoms with Crippen molar-refractivity contribution in [2.24, 2.45) is 28.6 Å². The van der Waals surface area contributed by atoms with Crippen LogP contribution in [0.2, 0.25) is 0 Å². The molecule has 4 heteroatoms. The second-order valence-corrected chi connectivity index (χ2v) is 13.0. The van der Waals surface area contributed by atoms with Crippen molar-refractivity contribution >= 4 is 17.3 Å². The Kier molecular flexibility index (Phi) is 6.87. The smallest absolute Gasteiger partial charge is 0.176 e. The number of hydrogen-bond acceptors (Lipinski definition) is 4. The third-order valence-electron chi connectivity index (χ3n) is 11.1. The van der Waals surface area contributed by atoms with Crippen LogP contribution in [-0.4, -0.2) is 38.4 Å². The van der Waals surface area contributed by atoms with Crippen molar-refractivity contribution in [3.63, 3.8) is 0 Å². The Balaban J connectivity index is 1.50. The van der Waals surface area contributed by atoms with Crippen molar-refractivity contribution in [3.8, 4) is 11.8 Å². The molecule has 1 unspecified atom stereocenters. The van der Waals surface area contributed by atoms with Gasteiger partial charge >= 0.3 is 0 Å². The van der Waals surface area contributed by atoms with E-state index in [9.17, 15) is 9.59 Å². The molecular weight excluding hydrogens is 482 g/mol. The van der Waals surface area contributed by atoms with Crippen molar-refractivity contribution in [2.75, 3.05) is 31.7 Å². The molecule has 0 radical (unpaired) electrons. The average molecular weight is 526 g/mol. The third kappa shape index (κ3) is 4.07. The van der Waals surface area contributed by atoms with Gasteiger partial charge < -0.3 is 9.64 Å². The van der Waals surface area contributed by atoms with E-state index in [4.69, 9.17) is 4.74 Å². The number of nitrogens with zero attached hydrogens (tertiary/aromatic N) is 1. The van der Waals surface area contributed by atoms with Gasteiger partial charge in [-0.1, -0.05) is 37.5 Å². The summed E-state index contributed by atoms with van der Waals surface area (Å²) in [6, 6.07) is 9.32. The van der Waals surface area contributed by atoms with Crippen LogP contribution in [0.1, 0.15) is 83.6 Å². The minimum Gasteiger partial charge on any atom is -0.377 e. The molecular formula is C35H43NO3. The first-order chi connectivity index (χ1) is 18.8. The van der Waals surface area contributed by atoms with Crippen molar-refractivity contribution in [2.45, 2.75) is 78.1 Å². The van der Waals surface area contributed by atoms with Crippen LogP contribution in [0.4, 0.5) is 5.69 Å². The lowest BCUT2D eigenvalue weighted by molar-refractivity contribution is -0.136. The van der Waals surface area contributed by atoms with Gasteiger partial charge in [0.1, 0.15) is 6.61 Å². The number of rotatable bonds is 5. The number of methoxy groups -OCH3 is 1. The maximum atomic E-state index is 13.8. The summed E-state index contributed by atoms with van der Waals surface area (Å²) in [6.45, 7) is 8.95. The Labute approximate surface area is 234 Å². The molecule has 0 amide bonds. The van der Waals surface area contributed by atoms with Crippen LogP contribution >= 0.6 is 0 Å². The largest absolute Gasteiger partial charge is 0.377 e. The van der Waals surface area contributed by atoms with Gasteiger partial charge in [0.15, 0.2) is 11.6 Å². The summed E-state index contributed by atoms with van der Waals surface area (Å²) in [5.41, 5.74) is 6.07. The topological polar surface area (TPSA) is 46.6 Å². The van der Waals surface area contributed by atoms with Crippen LogP contribution in [0.3, 0.4) is 0 Å². The fourth-order valence-electron chi connectivity index (χ4n) is 9.37. The highest BCUT2D eigenvalue weighted by Gasteiger charge is 2.65. The van der Waals surface area contributed by atoms with Crippen molar-refractivity contribution in [1.82, 2.24) is 0 Å². The molecule has 0 bridgehead atoms. The Morgan fingerprint density at radius 2 is 1.90 bits per heavy atom. The van der Waals surface area contributed by atoms with Gasteiger partial charge in [0.2, 0.25) is 0 Å². The van der Waals surface area contributed by atoms with E-state index in [0.717, 1.165) is 45.2 Å². The monoisotopic (exact) mass is 525 g/mol. The molecule has 0 N–H and O–H groups in total. The molecule has 0 aromatic heterocycles. The van der Waals surface area contributed by atoms with Crippen LogP contribution in [-0.2, 0) is 14.3 Å². The van der Waals surface area contributed by atoms with Gasteiger partial charge in [0, 0.05) is 38.2 Å². The highest BCUT2D eigenvalue weighted by atomic mass is 16.5. The molecule has 1 aromatic carbocycles. The maximum absolute atomic E-state index is 13.8. The number of ether oxygens (including phenoxy) is 1. The maximum Gasteiger partial charge on any atom is 0.176 e. The highest BCUT2D eigenvalue weighted by Crippen LogP contribution is 2.70. The molecule has 4 aliphatic carbocycles. The number of carbonyl (C=O) groups is 2. The van der Waals surface area contributed by atoms with Crippen molar-refractivity contribution < 1.29 is 14.3 Å². The number of anilines is 1. The zero-order valence-electron chi connectivity index (χ0n) is 24.1. The average Bonchev–Trinajstić information content (AvgIpc) is 3.56. The van der Waals surface area contributed by atoms with Crippen LogP contribution in [0.15, 0.2) is 47.1 Å². The summed E-state index contributed by atoms with van der Waals surface area (Å²) in [7, 11) is 1.62. The fourth-order valence-corrected chi connectivity index (χ4v) is 9.37. The summed E-state index contributed by atoms with van der Waals surface area (Å²) in [6.07, 6.45) is 9.76. The van der Waals surface area contributed by atoms with Gasteiger partial charge in [-0.05, 0) is 110 Å². The quantitative estimate of drug-likeness (QED) is 0.404. The molecule has 1 saturated heterocycles. The minimum absolute atomic E-state index is 0.121. The number of benzene rings is 1. The highest BCUT2D eigenvalue weighted by molar-refractivity contribution is 5.93. The second kappa shape index (κ2) is 10.1. The second-order valence-electron chi connectivity index (χ2n) is 13.0. The zero-order valence-corrected chi connectivity index (χ0v) is 24.1. The lowest BCUT2D eigenvalue weighted by Crippen LogP contribution is -2.51. The molecule has 206 valence electrons. The van der Waals surface area contributed by atoms with Crippen LogP contribution < -0.4 is 4.90 Å². The molecule has 1 aliphatic heterocycles. The Bertz CT molecular complexity index is 1290. The van der Waals surface area contributed by atoms with E-state index in [1.165, 1.54) is 35.2 Å². The van der Waals surface area contributed by atoms with Crippen LogP contribution in [0.5, 0.6) is 0 Å². The zero-order chi connectivity index (χ0) is 27.4. The number of hydrogen-bond donors (Lipinski definition) is 0. The Morgan fingerprint density at radius 1 is 1.15 bits per heavy atom. The molecule has 1 aromatic rings. The van der Waals surface area contributed by atoms with E-state index in [1.54, 1.807) is 12.7 Å². The summed E-state index contributed by atoms with van der Waals surface area (Å²) < 4.78 is 5.42. The normalized spacial score (nSPS) is 35.5. The molecule has 3 fully saturated rings. The number of allylic oxidation sites excluding steroid dienone is 4. The van der Waals surface area contributed by atoms with Crippen molar-refractivity contribution in [3.05, 3.63) is 52.6 Å². The summed E-state index contributed by atoms with van der Waals surface area (Å²) in [5.74, 6) is 8.53. The van der Waals surface area contributed by atoms with Crippen LogP contribution in [0, 0.1) is 40.4 Å².